The van der Waals surface area contributed by atoms with Gasteiger partial charge < -0.3 is 10.2 Å². The molecule has 108 valence electrons. The molecule has 0 saturated carbocycles. The maximum absolute atomic E-state index is 12.2. The van der Waals surface area contributed by atoms with Crippen LogP contribution in [0.2, 0.25) is 0 Å². The van der Waals surface area contributed by atoms with Crippen LogP contribution < -0.4 is 10.2 Å². The average Bonchev–Trinajstić information content (AvgIpc) is 2.75. The van der Waals surface area contributed by atoms with Gasteiger partial charge in [-0.25, -0.2) is 0 Å². The number of carbonyl (C=O) groups is 1. The van der Waals surface area contributed by atoms with Crippen molar-refractivity contribution in [1.29, 1.82) is 0 Å². The van der Waals surface area contributed by atoms with Crippen LogP contribution in [0.25, 0.3) is 0 Å². The van der Waals surface area contributed by atoms with Crippen molar-refractivity contribution in [2.75, 3.05) is 25.0 Å². The first-order valence-electron chi connectivity index (χ1n) is 8.06. The van der Waals surface area contributed by atoms with Crippen molar-refractivity contribution in [2.24, 2.45) is 0 Å². The molecule has 1 aromatic carbocycles. The van der Waals surface area contributed by atoms with Gasteiger partial charge in [-0.05, 0) is 68.2 Å². The van der Waals surface area contributed by atoms with Crippen LogP contribution in [0.3, 0.4) is 0 Å². The predicted molar refractivity (Wildman–Crippen MR) is 81.1 cm³/mol. The molecule has 0 radical (unpaired) electrons. The van der Waals surface area contributed by atoms with E-state index in [0.717, 1.165) is 25.2 Å². The van der Waals surface area contributed by atoms with Gasteiger partial charge in [-0.2, -0.15) is 0 Å². The molecule has 0 bridgehead atoms. The molecule has 1 aromatic rings. The normalized spacial score (nSPS) is 19.4. The summed E-state index contributed by atoms with van der Waals surface area (Å²) in [5.74, 6) is 0.167. The highest BCUT2D eigenvalue weighted by Gasteiger charge is 2.17. The van der Waals surface area contributed by atoms with E-state index in [1.54, 1.807) is 0 Å². The number of hydrogen-bond acceptors (Lipinski definition) is 1. The Labute approximate surface area is 121 Å². The number of aryl methyl sites for hydroxylation is 2. The Bertz CT molecular complexity index is 476. The SMILES string of the molecule is O=C(C[NH+]1CCCCCC1)Nc1ccc2c(c1)CCC2. The van der Waals surface area contributed by atoms with Gasteiger partial charge in [-0.15, -0.1) is 0 Å². The summed E-state index contributed by atoms with van der Waals surface area (Å²) in [5.41, 5.74) is 3.86. The van der Waals surface area contributed by atoms with Crippen LogP contribution in [0.5, 0.6) is 0 Å². The Balaban J connectivity index is 1.55. The van der Waals surface area contributed by atoms with Gasteiger partial charge in [0.05, 0.1) is 13.1 Å². The number of nitrogens with one attached hydrogen (secondary N) is 2. The Hall–Kier alpha value is -1.35. The number of carbonyl (C=O) groups excluding carboxylic acids is 1. The van der Waals surface area contributed by atoms with E-state index in [0.29, 0.717) is 6.54 Å². The van der Waals surface area contributed by atoms with E-state index >= 15 is 0 Å². The fourth-order valence-corrected chi connectivity index (χ4v) is 3.49. The molecule has 0 unspecified atom stereocenters. The minimum absolute atomic E-state index is 0.167. The fraction of sp³-hybridized carbons (Fsp3) is 0.588. The molecule has 1 aliphatic heterocycles. The number of quaternary nitrogens is 1. The van der Waals surface area contributed by atoms with E-state index in [2.05, 4.69) is 23.5 Å². The van der Waals surface area contributed by atoms with Gasteiger partial charge in [0.2, 0.25) is 0 Å². The van der Waals surface area contributed by atoms with Crippen LogP contribution >= 0.6 is 0 Å². The number of anilines is 1. The molecule has 3 heteroatoms. The summed E-state index contributed by atoms with van der Waals surface area (Å²) in [6.07, 6.45) is 8.80. The molecule has 20 heavy (non-hydrogen) atoms. The third kappa shape index (κ3) is 3.40. The van der Waals surface area contributed by atoms with Gasteiger partial charge in [0, 0.05) is 5.69 Å². The van der Waals surface area contributed by atoms with Crippen LogP contribution in [0, 0.1) is 0 Å². The molecule has 1 heterocycles. The first-order chi connectivity index (χ1) is 9.81. The van der Waals surface area contributed by atoms with Crippen molar-refractivity contribution >= 4 is 11.6 Å². The Morgan fingerprint density at radius 3 is 2.55 bits per heavy atom. The molecule has 1 saturated heterocycles. The molecule has 2 N–H and O–H groups in total. The van der Waals surface area contributed by atoms with Gasteiger partial charge in [0.1, 0.15) is 0 Å². The van der Waals surface area contributed by atoms with Crippen LogP contribution in [-0.2, 0) is 17.6 Å². The van der Waals surface area contributed by atoms with Gasteiger partial charge in [0.25, 0.3) is 5.91 Å². The van der Waals surface area contributed by atoms with Crippen LogP contribution in [0.4, 0.5) is 5.69 Å². The Morgan fingerprint density at radius 2 is 1.75 bits per heavy atom. The van der Waals surface area contributed by atoms with E-state index in [4.69, 9.17) is 0 Å². The van der Waals surface area contributed by atoms with Gasteiger partial charge in [-0.1, -0.05) is 6.07 Å². The fourth-order valence-electron chi connectivity index (χ4n) is 3.49. The summed E-state index contributed by atoms with van der Waals surface area (Å²) >= 11 is 0. The smallest absolute Gasteiger partial charge is 0.279 e. The largest absolute Gasteiger partial charge is 0.327 e. The highest BCUT2D eigenvalue weighted by atomic mass is 16.2. The van der Waals surface area contributed by atoms with Gasteiger partial charge >= 0.3 is 0 Å². The van der Waals surface area contributed by atoms with Crippen molar-refractivity contribution < 1.29 is 9.69 Å². The number of likely N-dealkylation sites (tertiary alicyclic amines) is 1. The van der Waals surface area contributed by atoms with E-state index < -0.39 is 0 Å². The number of rotatable bonds is 3. The minimum atomic E-state index is 0.167. The zero-order valence-corrected chi connectivity index (χ0v) is 12.2. The summed E-state index contributed by atoms with van der Waals surface area (Å²) in [5, 5.41) is 3.08. The number of amides is 1. The van der Waals surface area contributed by atoms with Crippen molar-refractivity contribution in [3.8, 4) is 0 Å². The molecule has 1 amide bonds. The summed E-state index contributed by atoms with van der Waals surface area (Å²) in [6.45, 7) is 2.92. The molecule has 1 aliphatic carbocycles. The molecule has 2 aliphatic rings. The van der Waals surface area contributed by atoms with Crippen LogP contribution in [-0.4, -0.2) is 25.5 Å². The highest BCUT2D eigenvalue weighted by molar-refractivity contribution is 5.91. The zero-order chi connectivity index (χ0) is 13.8. The summed E-state index contributed by atoms with van der Waals surface area (Å²) < 4.78 is 0. The third-order valence-corrected chi connectivity index (χ3v) is 4.60. The first-order valence-corrected chi connectivity index (χ1v) is 8.06. The van der Waals surface area contributed by atoms with Crippen molar-refractivity contribution in [3.63, 3.8) is 0 Å². The molecule has 3 nitrogen and oxygen atoms in total. The number of fused-ring (bicyclic) bond motifs is 1. The second-order valence-corrected chi connectivity index (χ2v) is 6.23. The van der Waals surface area contributed by atoms with E-state index in [-0.39, 0.29) is 5.91 Å². The molecule has 0 atom stereocenters. The lowest BCUT2D eigenvalue weighted by atomic mass is 10.1. The number of hydrogen-bond donors (Lipinski definition) is 2. The van der Waals surface area contributed by atoms with Crippen LogP contribution in [0.1, 0.15) is 43.2 Å². The van der Waals surface area contributed by atoms with Crippen molar-refractivity contribution in [3.05, 3.63) is 29.3 Å². The third-order valence-electron chi connectivity index (χ3n) is 4.60. The molecule has 3 rings (SSSR count). The summed E-state index contributed by atoms with van der Waals surface area (Å²) in [7, 11) is 0. The van der Waals surface area contributed by atoms with Gasteiger partial charge in [0.15, 0.2) is 6.54 Å². The van der Waals surface area contributed by atoms with E-state index in [1.165, 1.54) is 54.6 Å². The molecular weight excluding hydrogens is 248 g/mol. The van der Waals surface area contributed by atoms with Gasteiger partial charge in [-0.3, -0.25) is 4.79 Å². The van der Waals surface area contributed by atoms with E-state index in [9.17, 15) is 4.79 Å². The van der Waals surface area contributed by atoms with Crippen molar-refractivity contribution in [1.82, 2.24) is 0 Å². The van der Waals surface area contributed by atoms with Crippen molar-refractivity contribution in [2.45, 2.75) is 44.9 Å². The molecule has 0 aromatic heterocycles. The Morgan fingerprint density at radius 1 is 1.00 bits per heavy atom. The van der Waals surface area contributed by atoms with Crippen LogP contribution in [0.15, 0.2) is 18.2 Å². The Kier molecular flexibility index (Phi) is 4.36. The molecular formula is C17H25N2O+. The second kappa shape index (κ2) is 6.40. The maximum Gasteiger partial charge on any atom is 0.279 e. The monoisotopic (exact) mass is 273 g/mol. The summed E-state index contributed by atoms with van der Waals surface area (Å²) in [4.78, 5) is 13.6. The lowest BCUT2D eigenvalue weighted by Gasteiger charge is -2.16. The maximum atomic E-state index is 12.2. The highest BCUT2D eigenvalue weighted by Crippen LogP contribution is 2.24. The van der Waals surface area contributed by atoms with E-state index in [1.807, 2.05) is 0 Å². The zero-order valence-electron chi connectivity index (χ0n) is 12.2. The topological polar surface area (TPSA) is 33.5 Å². The quantitative estimate of drug-likeness (QED) is 0.861. The predicted octanol–water partition coefficient (Wildman–Crippen LogP) is 1.57. The second-order valence-electron chi connectivity index (χ2n) is 6.23. The number of benzene rings is 1. The average molecular weight is 273 g/mol. The minimum Gasteiger partial charge on any atom is -0.327 e. The summed E-state index contributed by atoms with van der Waals surface area (Å²) in [6, 6.07) is 6.40. The molecule has 1 fully saturated rings. The lowest BCUT2D eigenvalue weighted by Crippen LogP contribution is -3.12. The molecule has 0 spiro atoms. The first kappa shape index (κ1) is 13.6. The lowest BCUT2D eigenvalue weighted by molar-refractivity contribution is -0.890. The standard InChI is InChI=1S/C17H24N2O/c20-17(13-19-10-3-1-2-4-11-19)18-16-9-8-14-6-5-7-15(14)12-16/h8-9,12H,1-7,10-11,13H2,(H,18,20)/p+1.